The molecule has 0 unspecified atom stereocenters. The van der Waals surface area contributed by atoms with Crippen molar-refractivity contribution in [2.24, 2.45) is 4.99 Å². The van der Waals surface area contributed by atoms with Crippen molar-refractivity contribution in [3.05, 3.63) is 53.5 Å². The zero-order valence-corrected chi connectivity index (χ0v) is 17.4. The lowest BCUT2D eigenvalue weighted by molar-refractivity contribution is 0.379. The fourth-order valence-electron chi connectivity index (χ4n) is 2.05. The summed E-state index contributed by atoms with van der Waals surface area (Å²) in [5.74, 6) is 1.84. The van der Waals surface area contributed by atoms with Gasteiger partial charge in [0.05, 0.1) is 19.3 Å². The number of hydrogen-bond acceptors (Lipinski definition) is 3. The number of nitrogens with zero attached hydrogens (tertiary/aromatic N) is 2. The zero-order chi connectivity index (χ0) is 17.6. The van der Waals surface area contributed by atoms with Gasteiger partial charge in [0.15, 0.2) is 5.96 Å². The lowest BCUT2D eigenvalue weighted by Gasteiger charge is -2.13. The minimum absolute atomic E-state index is 0. The average Bonchev–Trinajstić information content (AvgIpc) is 2.99. The van der Waals surface area contributed by atoms with E-state index in [0.717, 1.165) is 17.9 Å². The number of halogens is 2. The Morgan fingerprint density at radius 2 is 2.04 bits per heavy atom. The number of nitrogens with one attached hydrogen (secondary N) is 2. The van der Waals surface area contributed by atoms with E-state index in [4.69, 9.17) is 4.42 Å². The van der Waals surface area contributed by atoms with Crippen LogP contribution in [0.1, 0.15) is 44.9 Å². The average molecular weight is 460 g/mol. The van der Waals surface area contributed by atoms with Crippen LogP contribution >= 0.6 is 24.0 Å². The van der Waals surface area contributed by atoms with E-state index in [-0.39, 0.29) is 35.2 Å². The molecule has 2 rings (SSSR count). The molecule has 0 atom stereocenters. The zero-order valence-electron chi connectivity index (χ0n) is 15.1. The highest BCUT2D eigenvalue weighted by Crippen LogP contribution is 2.22. The number of aliphatic imine (C=N–C) groups is 1. The van der Waals surface area contributed by atoms with Gasteiger partial charge in [0.1, 0.15) is 11.6 Å². The van der Waals surface area contributed by atoms with Crippen LogP contribution in [-0.2, 0) is 18.5 Å². The molecule has 1 heterocycles. The summed E-state index contributed by atoms with van der Waals surface area (Å²) in [4.78, 5) is 8.74. The van der Waals surface area contributed by atoms with Crippen molar-refractivity contribution in [3.8, 4) is 0 Å². The Hall–Kier alpha value is -1.64. The van der Waals surface area contributed by atoms with Gasteiger partial charge in [-0.15, -0.1) is 24.0 Å². The van der Waals surface area contributed by atoms with Crippen LogP contribution in [0.5, 0.6) is 0 Å². The largest absolute Gasteiger partial charge is 0.443 e. The molecule has 0 saturated carbocycles. The maximum absolute atomic E-state index is 13.2. The Morgan fingerprint density at radius 1 is 1.28 bits per heavy atom. The summed E-state index contributed by atoms with van der Waals surface area (Å²) in [5, 5.41) is 6.33. The molecule has 0 amide bonds. The summed E-state index contributed by atoms with van der Waals surface area (Å²) in [6.07, 6.45) is 1.76. The van der Waals surface area contributed by atoms with Gasteiger partial charge in [-0.3, -0.25) is 0 Å². The SMILES string of the molecule is CCNC(=NCc1cccc(F)c1)NCc1ncc(C(C)(C)C)o1.I. The van der Waals surface area contributed by atoms with E-state index in [1.54, 1.807) is 12.3 Å². The highest BCUT2D eigenvalue weighted by Gasteiger charge is 2.19. The third-order valence-electron chi connectivity index (χ3n) is 3.35. The topological polar surface area (TPSA) is 62.5 Å². The molecular weight excluding hydrogens is 434 g/mol. The molecule has 0 aliphatic heterocycles. The van der Waals surface area contributed by atoms with Crippen LogP contribution in [-0.4, -0.2) is 17.5 Å². The fraction of sp³-hybridized carbons (Fsp3) is 0.444. The van der Waals surface area contributed by atoms with Crippen molar-refractivity contribution in [3.63, 3.8) is 0 Å². The summed E-state index contributed by atoms with van der Waals surface area (Å²) in [6.45, 7) is 9.78. The van der Waals surface area contributed by atoms with E-state index in [9.17, 15) is 4.39 Å². The van der Waals surface area contributed by atoms with E-state index in [0.29, 0.717) is 24.9 Å². The summed E-state index contributed by atoms with van der Waals surface area (Å²) < 4.78 is 19.0. The molecule has 2 N–H and O–H groups in total. The summed E-state index contributed by atoms with van der Waals surface area (Å²) in [5.41, 5.74) is 0.750. The van der Waals surface area contributed by atoms with Crippen molar-refractivity contribution >= 4 is 29.9 Å². The van der Waals surface area contributed by atoms with Crippen LogP contribution in [0.4, 0.5) is 4.39 Å². The standard InChI is InChI=1S/C18H25FN4O.HI/c1-5-20-17(22-10-13-7-6-8-14(19)9-13)23-12-16-21-11-15(24-16)18(2,3)4;/h6-9,11H,5,10,12H2,1-4H3,(H2,20,22,23);1H. The monoisotopic (exact) mass is 460 g/mol. The Bertz CT molecular complexity index is 694. The van der Waals surface area contributed by atoms with Crippen molar-refractivity contribution in [2.75, 3.05) is 6.54 Å². The van der Waals surface area contributed by atoms with Crippen molar-refractivity contribution in [2.45, 2.75) is 46.2 Å². The third-order valence-corrected chi connectivity index (χ3v) is 3.35. The van der Waals surface area contributed by atoms with Crippen LogP contribution in [0.3, 0.4) is 0 Å². The van der Waals surface area contributed by atoms with E-state index >= 15 is 0 Å². The molecule has 7 heteroatoms. The molecule has 0 aliphatic carbocycles. The quantitative estimate of drug-likeness (QED) is 0.403. The number of aromatic nitrogens is 1. The lowest BCUT2D eigenvalue weighted by Crippen LogP contribution is -2.36. The fourth-order valence-corrected chi connectivity index (χ4v) is 2.05. The minimum atomic E-state index is -0.254. The van der Waals surface area contributed by atoms with Crippen molar-refractivity contribution in [1.29, 1.82) is 0 Å². The molecule has 1 aromatic carbocycles. The maximum Gasteiger partial charge on any atom is 0.213 e. The summed E-state index contributed by atoms with van der Waals surface area (Å²) >= 11 is 0. The number of guanidine groups is 1. The Kier molecular flexibility index (Phi) is 8.34. The van der Waals surface area contributed by atoms with Crippen LogP contribution in [0.25, 0.3) is 0 Å². The van der Waals surface area contributed by atoms with Crippen molar-refractivity contribution < 1.29 is 8.81 Å². The van der Waals surface area contributed by atoms with E-state index in [1.165, 1.54) is 12.1 Å². The predicted octanol–water partition coefficient (Wildman–Crippen LogP) is 3.98. The predicted molar refractivity (Wildman–Crippen MR) is 109 cm³/mol. The maximum atomic E-state index is 13.2. The number of hydrogen-bond donors (Lipinski definition) is 2. The first-order valence-corrected chi connectivity index (χ1v) is 8.10. The van der Waals surface area contributed by atoms with Gasteiger partial charge in [-0.25, -0.2) is 14.4 Å². The first-order chi connectivity index (χ1) is 11.4. The summed E-state index contributed by atoms with van der Waals surface area (Å²) in [6, 6.07) is 6.43. The lowest BCUT2D eigenvalue weighted by atomic mass is 9.94. The van der Waals surface area contributed by atoms with Gasteiger partial charge in [0.2, 0.25) is 5.89 Å². The van der Waals surface area contributed by atoms with Crippen LogP contribution in [0.2, 0.25) is 0 Å². The third kappa shape index (κ3) is 7.01. The molecule has 25 heavy (non-hydrogen) atoms. The van der Waals surface area contributed by atoms with E-state index in [1.807, 2.05) is 13.0 Å². The minimum Gasteiger partial charge on any atom is -0.443 e. The van der Waals surface area contributed by atoms with Gasteiger partial charge < -0.3 is 15.1 Å². The second-order valence-electron chi connectivity index (χ2n) is 6.55. The number of rotatable bonds is 5. The molecule has 5 nitrogen and oxygen atoms in total. The number of benzene rings is 1. The molecule has 2 aromatic rings. The van der Waals surface area contributed by atoms with Gasteiger partial charge in [0.25, 0.3) is 0 Å². The van der Waals surface area contributed by atoms with Gasteiger partial charge in [-0.1, -0.05) is 32.9 Å². The molecule has 0 bridgehead atoms. The van der Waals surface area contributed by atoms with E-state index in [2.05, 4.69) is 41.4 Å². The highest BCUT2D eigenvalue weighted by atomic mass is 127. The number of oxazole rings is 1. The molecule has 1 aromatic heterocycles. The molecule has 0 spiro atoms. The van der Waals surface area contributed by atoms with Gasteiger partial charge >= 0.3 is 0 Å². The second kappa shape index (κ2) is 9.74. The molecule has 0 aliphatic rings. The molecular formula is C18H26FIN4O. The van der Waals surface area contributed by atoms with E-state index < -0.39 is 0 Å². The second-order valence-corrected chi connectivity index (χ2v) is 6.55. The molecule has 0 saturated heterocycles. The smallest absolute Gasteiger partial charge is 0.213 e. The normalized spacial score (nSPS) is 11.8. The van der Waals surface area contributed by atoms with Crippen LogP contribution in [0, 0.1) is 5.82 Å². The van der Waals surface area contributed by atoms with Crippen LogP contribution < -0.4 is 10.6 Å². The molecule has 0 radical (unpaired) electrons. The van der Waals surface area contributed by atoms with Crippen molar-refractivity contribution in [1.82, 2.24) is 15.6 Å². The van der Waals surface area contributed by atoms with Gasteiger partial charge in [-0.2, -0.15) is 0 Å². The Morgan fingerprint density at radius 3 is 2.64 bits per heavy atom. The molecule has 138 valence electrons. The first kappa shape index (κ1) is 21.4. The van der Waals surface area contributed by atoms with Gasteiger partial charge in [-0.05, 0) is 24.6 Å². The Balaban J connectivity index is 0.00000312. The first-order valence-electron chi connectivity index (χ1n) is 8.10. The summed E-state index contributed by atoms with van der Waals surface area (Å²) in [7, 11) is 0. The Labute approximate surface area is 165 Å². The highest BCUT2D eigenvalue weighted by molar-refractivity contribution is 14.0. The van der Waals surface area contributed by atoms with Gasteiger partial charge in [0, 0.05) is 12.0 Å². The van der Waals surface area contributed by atoms with Crippen LogP contribution in [0.15, 0.2) is 39.9 Å². The molecule has 0 fully saturated rings.